The molecule has 11 nitrogen and oxygen atoms in total. The molecule has 4 atom stereocenters. The van der Waals surface area contributed by atoms with E-state index in [4.69, 9.17) is 10.8 Å². The number of benzene rings is 1. The molecule has 3 amide bonds. The Balaban J connectivity index is 2.91. The molecule has 33 heavy (non-hydrogen) atoms. The third kappa shape index (κ3) is 10.4. The van der Waals surface area contributed by atoms with Gasteiger partial charge in [0.1, 0.15) is 18.1 Å². The number of carboxylic acids is 2. The lowest BCUT2D eigenvalue weighted by Gasteiger charge is -2.24. The van der Waals surface area contributed by atoms with E-state index in [2.05, 4.69) is 16.0 Å². The van der Waals surface area contributed by atoms with Crippen LogP contribution in [0.25, 0.3) is 0 Å². The van der Waals surface area contributed by atoms with Crippen molar-refractivity contribution in [3.8, 4) is 0 Å². The van der Waals surface area contributed by atoms with E-state index in [0.29, 0.717) is 5.75 Å². The van der Waals surface area contributed by atoms with Crippen molar-refractivity contribution in [3.63, 3.8) is 0 Å². The Hall–Kier alpha value is -3.12. The number of amides is 3. The number of nitrogens with one attached hydrogen (secondary N) is 3. The van der Waals surface area contributed by atoms with E-state index < -0.39 is 60.2 Å². The van der Waals surface area contributed by atoms with Crippen LogP contribution < -0.4 is 21.7 Å². The summed E-state index contributed by atoms with van der Waals surface area (Å²) in [6, 6.07) is 4.14. The number of hydrogen-bond donors (Lipinski definition) is 6. The van der Waals surface area contributed by atoms with Gasteiger partial charge in [-0.15, -0.1) is 0 Å². The summed E-state index contributed by atoms with van der Waals surface area (Å²) < 4.78 is 0. The second-order valence-electron chi connectivity index (χ2n) is 7.37. The monoisotopic (exact) mass is 482 g/mol. The molecule has 1 rings (SSSR count). The van der Waals surface area contributed by atoms with Crippen LogP contribution >= 0.6 is 11.8 Å². The number of carboxylic acid groups (broad SMARTS) is 2. The minimum absolute atomic E-state index is 0.0898. The van der Waals surface area contributed by atoms with Crippen molar-refractivity contribution in [2.75, 3.05) is 12.0 Å². The molecule has 0 saturated carbocycles. The summed E-state index contributed by atoms with van der Waals surface area (Å²) in [4.78, 5) is 59.7. The molecule has 7 N–H and O–H groups in total. The van der Waals surface area contributed by atoms with E-state index in [9.17, 15) is 29.1 Å². The van der Waals surface area contributed by atoms with E-state index in [1.807, 2.05) is 6.26 Å². The molecule has 0 saturated heterocycles. The van der Waals surface area contributed by atoms with Crippen LogP contribution in [0.3, 0.4) is 0 Å². The minimum Gasteiger partial charge on any atom is -0.481 e. The first-order valence-electron chi connectivity index (χ1n) is 10.2. The highest BCUT2D eigenvalue weighted by molar-refractivity contribution is 7.98. The molecule has 4 unspecified atom stereocenters. The first-order chi connectivity index (χ1) is 15.5. The van der Waals surface area contributed by atoms with Gasteiger partial charge in [-0.05, 0) is 30.9 Å². The van der Waals surface area contributed by atoms with Crippen molar-refractivity contribution >= 4 is 41.4 Å². The van der Waals surface area contributed by atoms with Crippen molar-refractivity contribution in [1.29, 1.82) is 0 Å². The van der Waals surface area contributed by atoms with E-state index in [1.165, 1.54) is 18.7 Å². The van der Waals surface area contributed by atoms with Gasteiger partial charge >= 0.3 is 11.9 Å². The normalized spacial score (nSPS) is 14.3. The molecule has 1 aromatic rings. The number of rotatable bonds is 14. The number of carbonyl (C=O) groups is 5. The summed E-state index contributed by atoms with van der Waals surface area (Å²) in [6.45, 7) is 1.36. The summed E-state index contributed by atoms with van der Waals surface area (Å²) in [5.74, 6) is -4.14. The van der Waals surface area contributed by atoms with Gasteiger partial charge in [0.05, 0.1) is 12.5 Å². The standard InChI is InChI=1S/C21H30N4O7S/c1-12(23-19(29)14(22)11-17(26)27)18(28)25-16(10-13-6-4-3-5-7-13)20(30)24-15(21(31)32)8-9-33-2/h3-7,12,14-16H,8-11,22H2,1-2H3,(H,23,29)(H,24,30)(H,25,28)(H,26,27)(H,31,32). The zero-order chi connectivity index (χ0) is 25.0. The Morgan fingerprint density at radius 1 is 0.939 bits per heavy atom. The smallest absolute Gasteiger partial charge is 0.326 e. The average Bonchev–Trinajstić information content (AvgIpc) is 2.75. The maximum absolute atomic E-state index is 12.9. The van der Waals surface area contributed by atoms with Gasteiger partial charge in [-0.2, -0.15) is 11.8 Å². The van der Waals surface area contributed by atoms with Gasteiger partial charge in [-0.1, -0.05) is 30.3 Å². The van der Waals surface area contributed by atoms with E-state index in [1.54, 1.807) is 30.3 Å². The summed E-state index contributed by atoms with van der Waals surface area (Å²) >= 11 is 1.44. The van der Waals surface area contributed by atoms with Crippen molar-refractivity contribution in [2.45, 2.75) is 50.4 Å². The highest BCUT2D eigenvalue weighted by Crippen LogP contribution is 2.06. The molecule has 0 radical (unpaired) electrons. The Morgan fingerprint density at radius 2 is 1.55 bits per heavy atom. The van der Waals surface area contributed by atoms with Crippen molar-refractivity contribution in [1.82, 2.24) is 16.0 Å². The third-order valence-corrected chi connectivity index (χ3v) is 5.27. The van der Waals surface area contributed by atoms with Crippen LogP contribution in [0.15, 0.2) is 30.3 Å². The Labute approximate surface area is 195 Å². The number of nitrogens with two attached hydrogens (primary N) is 1. The molecule has 0 aliphatic heterocycles. The number of hydrogen-bond acceptors (Lipinski definition) is 7. The summed E-state index contributed by atoms with van der Waals surface area (Å²) in [6.07, 6.45) is 1.51. The van der Waals surface area contributed by atoms with Gasteiger partial charge in [0, 0.05) is 6.42 Å². The average molecular weight is 483 g/mol. The lowest BCUT2D eigenvalue weighted by atomic mass is 10.0. The summed E-state index contributed by atoms with van der Waals surface area (Å²) in [5.41, 5.74) is 6.23. The minimum atomic E-state index is -1.34. The zero-order valence-corrected chi connectivity index (χ0v) is 19.3. The molecule has 0 aromatic heterocycles. The van der Waals surface area contributed by atoms with Gasteiger partial charge in [0.25, 0.3) is 0 Å². The van der Waals surface area contributed by atoms with Crippen LogP contribution in [0.4, 0.5) is 0 Å². The maximum atomic E-state index is 12.9. The van der Waals surface area contributed by atoms with Crippen molar-refractivity contribution < 1.29 is 34.2 Å². The number of carbonyl (C=O) groups excluding carboxylic acids is 3. The van der Waals surface area contributed by atoms with Crippen LogP contribution in [0, 0.1) is 0 Å². The molecule has 12 heteroatoms. The molecule has 0 aliphatic rings. The lowest BCUT2D eigenvalue weighted by molar-refractivity contribution is -0.142. The van der Waals surface area contributed by atoms with E-state index in [-0.39, 0.29) is 12.8 Å². The molecule has 0 heterocycles. The van der Waals surface area contributed by atoms with Crippen LogP contribution in [-0.2, 0) is 30.4 Å². The van der Waals surface area contributed by atoms with Crippen LogP contribution in [-0.4, -0.2) is 76.0 Å². The molecule has 0 aliphatic carbocycles. The van der Waals surface area contributed by atoms with Gasteiger partial charge in [0.2, 0.25) is 17.7 Å². The van der Waals surface area contributed by atoms with Crippen LogP contribution in [0.2, 0.25) is 0 Å². The molecule has 0 bridgehead atoms. The van der Waals surface area contributed by atoms with Crippen molar-refractivity contribution in [2.24, 2.45) is 5.73 Å². The molecular weight excluding hydrogens is 452 g/mol. The SMILES string of the molecule is CSCCC(NC(=O)C(Cc1ccccc1)NC(=O)C(C)NC(=O)C(N)CC(=O)O)C(=O)O. The fraction of sp³-hybridized carbons (Fsp3) is 0.476. The lowest BCUT2D eigenvalue weighted by Crippen LogP contribution is -2.57. The van der Waals surface area contributed by atoms with Crippen LogP contribution in [0.5, 0.6) is 0 Å². The Bertz CT molecular complexity index is 837. The highest BCUT2D eigenvalue weighted by Gasteiger charge is 2.29. The molecule has 0 fully saturated rings. The van der Waals surface area contributed by atoms with Gasteiger partial charge in [-0.25, -0.2) is 4.79 Å². The highest BCUT2D eigenvalue weighted by atomic mass is 32.2. The van der Waals surface area contributed by atoms with Gasteiger partial charge in [-0.3, -0.25) is 19.2 Å². The van der Waals surface area contributed by atoms with E-state index >= 15 is 0 Å². The second-order valence-corrected chi connectivity index (χ2v) is 8.35. The van der Waals surface area contributed by atoms with Crippen LogP contribution in [0.1, 0.15) is 25.3 Å². The molecule has 1 aromatic carbocycles. The fourth-order valence-electron chi connectivity index (χ4n) is 2.79. The van der Waals surface area contributed by atoms with Gasteiger partial charge < -0.3 is 31.9 Å². The third-order valence-electron chi connectivity index (χ3n) is 4.62. The molecule has 0 spiro atoms. The largest absolute Gasteiger partial charge is 0.481 e. The molecular formula is C21H30N4O7S. The number of thioether (sulfide) groups is 1. The van der Waals surface area contributed by atoms with Crippen molar-refractivity contribution in [3.05, 3.63) is 35.9 Å². The fourth-order valence-corrected chi connectivity index (χ4v) is 3.26. The van der Waals surface area contributed by atoms with E-state index in [0.717, 1.165) is 5.56 Å². The molecule has 182 valence electrons. The number of aliphatic carboxylic acids is 2. The Morgan fingerprint density at radius 3 is 2.09 bits per heavy atom. The summed E-state index contributed by atoms with van der Waals surface area (Å²) in [7, 11) is 0. The summed E-state index contributed by atoms with van der Waals surface area (Å²) in [5, 5.41) is 25.4. The second kappa shape index (κ2) is 14.1. The first-order valence-corrected chi connectivity index (χ1v) is 11.6. The predicted molar refractivity (Wildman–Crippen MR) is 122 cm³/mol. The topological polar surface area (TPSA) is 188 Å². The predicted octanol–water partition coefficient (Wildman–Crippen LogP) is -0.657. The quantitative estimate of drug-likeness (QED) is 0.200. The zero-order valence-electron chi connectivity index (χ0n) is 18.4. The first kappa shape index (κ1) is 27.9. The maximum Gasteiger partial charge on any atom is 0.326 e. The Kier molecular flexibility index (Phi) is 11.9. The van der Waals surface area contributed by atoms with Gasteiger partial charge in [0.15, 0.2) is 0 Å².